The quantitative estimate of drug-likeness (QED) is 0.603. The van der Waals surface area contributed by atoms with Crippen molar-refractivity contribution in [2.45, 2.75) is 32.3 Å². The number of nitrogens with zero attached hydrogens (tertiary/aromatic N) is 4. The van der Waals surface area contributed by atoms with E-state index in [1.807, 2.05) is 0 Å². The number of aliphatic hydroxyl groups excluding tert-OH is 1. The number of pyridine rings is 1. The summed E-state index contributed by atoms with van der Waals surface area (Å²) in [5.74, 6) is 4.89. The average Bonchev–Trinajstić information content (AvgIpc) is 2.97. The molecular weight excluding hydrogens is 349 g/mol. The van der Waals surface area contributed by atoms with Gasteiger partial charge >= 0.3 is 0 Å². The maximum Gasteiger partial charge on any atom is 0.222 e. The predicted molar refractivity (Wildman–Crippen MR) is 99.6 cm³/mol. The van der Waals surface area contributed by atoms with Crippen molar-refractivity contribution in [3.63, 3.8) is 0 Å². The number of halogens is 1. The van der Waals surface area contributed by atoms with Gasteiger partial charge in [-0.25, -0.2) is 14.4 Å². The fraction of sp³-hybridized carbons (Fsp3) is 0.316. The van der Waals surface area contributed by atoms with Crippen LogP contribution in [0.25, 0.3) is 16.7 Å². The molecule has 0 aromatic carbocycles. The topological polar surface area (TPSA) is 110 Å². The smallest absolute Gasteiger partial charge is 0.222 e. The van der Waals surface area contributed by atoms with Crippen LogP contribution in [-0.2, 0) is 6.42 Å². The van der Waals surface area contributed by atoms with Crippen molar-refractivity contribution < 1.29 is 14.6 Å². The minimum Gasteiger partial charge on any atom is -0.396 e. The van der Waals surface area contributed by atoms with Crippen LogP contribution < -0.4 is 5.73 Å². The molecule has 0 unspecified atom stereocenters. The minimum atomic E-state index is -1.15. The van der Waals surface area contributed by atoms with Crippen LogP contribution in [-0.4, -0.2) is 41.9 Å². The van der Waals surface area contributed by atoms with Crippen molar-refractivity contribution in [3.8, 4) is 17.7 Å². The van der Waals surface area contributed by atoms with Crippen LogP contribution in [0.5, 0.6) is 0 Å². The Bertz CT molecular complexity index is 1040. The number of nitrogen functional groups attached to an aromatic ring is 1. The zero-order chi connectivity index (χ0) is 19.6. The maximum atomic E-state index is 14.3. The van der Waals surface area contributed by atoms with E-state index in [2.05, 4.69) is 26.8 Å². The molecule has 0 saturated carbocycles. The van der Waals surface area contributed by atoms with E-state index >= 15 is 0 Å². The van der Waals surface area contributed by atoms with E-state index in [4.69, 9.17) is 10.8 Å². The molecule has 0 aliphatic rings. The lowest BCUT2D eigenvalue weighted by atomic mass is 10.1. The molecule has 8 heteroatoms. The Morgan fingerprint density at radius 3 is 2.78 bits per heavy atom. The van der Waals surface area contributed by atoms with E-state index in [0.717, 1.165) is 17.1 Å². The lowest BCUT2D eigenvalue weighted by Crippen LogP contribution is -2.14. The molecule has 4 N–H and O–H groups in total. The van der Waals surface area contributed by atoms with Gasteiger partial charge in [0.15, 0.2) is 11.6 Å². The van der Waals surface area contributed by atoms with Crippen molar-refractivity contribution in [2.24, 2.45) is 0 Å². The highest BCUT2D eigenvalue weighted by Gasteiger charge is 2.16. The second-order valence-corrected chi connectivity index (χ2v) is 6.65. The lowest BCUT2D eigenvalue weighted by Gasteiger charge is -2.07. The molecule has 3 rings (SSSR count). The third-order valence-electron chi connectivity index (χ3n) is 3.85. The molecule has 0 aliphatic heterocycles. The Morgan fingerprint density at radius 2 is 2.07 bits per heavy atom. The zero-order valence-corrected chi connectivity index (χ0v) is 15.1. The molecule has 0 atom stereocenters. The average molecular weight is 369 g/mol. The van der Waals surface area contributed by atoms with E-state index < -0.39 is 11.4 Å². The number of anilines is 1. The highest BCUT2D eigenvalue weighted by atomic mass is 19.1. The monoisotopic (exact) mass is 369 g/mol. The van der Waals surface area contributed by atoms with Gasteiger partial charge in [-0.1, -0.05) is 5.92 Å². The molecule has 3 heterocycles. The predicted octanol–water partition coefficient (Wildman–Crippen LogP) is 1.58. The van der Waals surface area contributed by atoms with Gasteiger partial charge < -0.3 is 15.9 Å². The van der Waals surface area contributed by atoms with Crippen LogP contribution in [0.2, 0.25) is 0 Å². The number of aromatic nitrogens is 4. The van der Waals surface area contributed by atoms with Gasteiger partial charge in [0, 0.05) is 24.4 Å². The van der Waals surface area contributed by atoms with Crippen molar-refractivity contribution in [3.05, 3.63) is 41.7 Å². The third kappa shape index (κ3) is 4.22. The first-order chi connectivity index (χ1) is 12.8. The first kappa shape index (κ1) is 18.8. The van der Waals surface area contributed by atoms with E-state index in [0.29, 0.717) is 24.1 Å². The minimum absolute atomic E-state index is 0.0235. The fourth-order valence-corrected chi connectivity index (χ4v) is 2.66. The SMILES string of the molecule is CC(C)(O)C#Cc1cc2c(cn1)c(CCCO)cn2-c1nc(N)ncc1F. The van der Waals surface area contributed by atoms with Gasteiger partial charge in [-0.15, -0.1) is 0 Å². The van der Waals surface area contributed by atoms with Gasteiger partial charge in [-0.05, 0) is 44.2 Å². The van der Waals surface area contributed by atoms with Crippen molar-refractivity contribution >= 4 is 16.9 Å². The number of fused-ring (bicyclic) bond motifs is 1. The molecule has 0 aliphatic carbocycles. The molecule has 0 saturated heterocycles. The number of aryl methyl sites for hydroxylation is 1. The summed E-state index contributed by atoms with van der Waals surface area (Å²) in [6.07, 6.45) is 5.58. The standard InChI is InChI=1S/C19H20FN5O2/c1-19(2,27)6-5-13-8-16-14(9-22-13)12(4-3-7-26)11-25(16)17-15(20)10-23-18(21)24-17/h8-11,26-27H,3-4,7H2,1-2H3,(H2,21,23,24). The molecule has 7 nitrogen and oxygen atoms in total. The summed E-state index contributed by atoms with van der Waals surface area (Å²) >= 11 is 0. The molecule has 27 heavy (non-hydrogen) atoms. The number of hydrogen-bond acceptors (Lipinski definition) is 6. The van der Waals surface area contributed by atoms with E-state index in [-0.39, 0.29) is 18.4 Å². The Morgan fingerprint density at radius 1 is 1.30 bits per heavy atom. The summed E-state index contributed by atoms with van der Waals surface area (Å²) in [6, 6.07) is 1.70. The summed E-state index contributed by atoms with van der Waals surface area (Å²) in [5.41, 5.74) is 6.44. The largest absolute Gasteiger partial charge is 0.396 e. The molecule has 140 valence electrons. The first-order valence-electron chi connectivity index (χ1n) is 8.43. The van der Waals surface area contributed by atoms with Gasteiger partial charge in [-0.3, -0.25) is 4.57 Å². The Labute approximate surface area is 155 Å². The Balaban J connectivity index is 2.20. The van der Waals surface area contributed by atoms with E-state index in [1.165, 1.54) is 0 Å². The van der Waals surface area contributed by atoms with Crippen molar-refractivity contribution in [2.75, 3.05) is 12.3 Å². The number of aliphatic hydroxyl groups is 2. The van der Waals surface area contributed by atoms with Crippen LogP contribution in [0.3, 0.4) is 0 Å². The van der Waals surface area contributed by atoms with Gasteiger partial charge in [0.2, 0.25) is 5.95 Å². The second kappa shape index (κ2) is 7.31. The summed E-state index contributed by atoms with van der Waals surface area (Å²) in [4.78, 5) is 12.0. The molecule has 0 spiro atoms. The summed E-state index contributed by atoms with van der Waals surface area (Å²) in [5, 5.41) is 19.7. The molecule has 0 fully saturated rings. The normalized spacial score (nSPS) is 11.4. The van der Waals surface area contributed by atoms with Crippen LogP contribution in [0.1, 0.15) is 31.5 Å². The number of rotatable bonds is 4. The van der Waals surface area contributed by atoms with E-state index in [1.54, 1.807) is 36.9 Å². The van der Waals surface area contributed by atoms with Gasteiger partial charge in [0.1, 0.15) is 11.3 Å². The summed E-state index contributed by atoms with van der Waals surface area (Å²) in [6.45, 7) is 3.20. The Hall–Kier alpha value is -3.02. The first-order valence-corrected chi connectivity index (χ1v) is 8.43. The van der Waals surface area contributed by atoms with Gasteiger partial charge in [0.05, 0.1) is 11.7 Å². The highest BCUT2D eigenvalue weighted by Crippen LogP contribution is 2.26. The van der Waals surface area contributed by atoms with Crippen LogP contribution >= 0.6 is 0 Å². The molecule has 0 radical (unpaired) electrons. The van der Waals surface area contributed by atoms with Crippen LogP contribution in [0.15, 0.2) is 24.7 Å². The molecular formula is C19H20FN5O2. The fourth-order valence-electron chi connectivity index (χ4n) is 2.66. The molecule has 0 bridgehead atoms. The highest BCUT2D eigenvalue weighted by molar-refractivity contribution is 5.85. The van der Waals surface area contributed by atoms with Crippen LogP contribution in [0, 0.1) is 17.7 Å². The molecule has 3 aromatic rings. The second-order valence-electron chi connectivity index (χ2n) is 6.65. The molecule has 3 aromatic heterocycles. The number of hydrogen-bond donors (Lipinski definition) is 3. The lowest BCUT2D eigenvalue weighted by molar-refractivity contribution is 0.143. The third-order valence-corrected chi connectivity index (χ3v) is 3.85. The Kier molecular flexibility index (Phi) is 5.08. The van der Waals surface area contributed by atoms with Crippen LogP contribution in [0.4, 0.5) is 10.3 Å². The summed E-state index contributed by atoms with van der Waals surface area (Å²) < 4.78 is 15.9. The van der Waals surface area contributed by atoms with E-state index in [9.17, 15) is 9.50 Å². The van der Waals surface area contributed by atoms with Gasteiger partial charge in [0.25, 0.3) is 0 Å². The molecule has 0 amide bonds. The maximum absolute atomic E-state index is 14.3. The zero-order valence-electron chi connectivity index (χ0n) is 15.1. The van der Waals surface area contributed by atoms with Gasteiger partial charge in [-0.2, -0.15) is 4.98 Å². The summed E-state index contributed by atoms with van der Waals surface area (Å²) in [7, 11) is 0. The number of nitrogens with two attached hydrogens (primary N) is 1. The van der Waals surface area contributed by atoms with Crippen molar-refractivity contribution in [1.82, 2.24) is 19.5 Å². The van der Waals surface area contributed by atoms with Crippen molar-refractivity contribution in [1.29, 1.82) is 0 Å².